The first kappa shape index (κ1) is 21.1. The Morgan fingerprint density at radius 1 is 0.967 bits per heavy atom. The molecule has 30 heavy (non-hydrogen) atoms. The number of nitrogens with one attached hydrogen (secondary N) is 1. The van der Waals surface area contributed by atoms with Crippen LogP contribution in [0.2, 0.25) is 0 Å². The number of methoxy groups -OCH3 is 2. The molecule has 0 radical (unpaired) electrons. The van der Waals surface area contributed by atoms with Crippen molar-refractivity contribution in [3.8, 4) is 5.75 Å². The zero-order valence-corrected chi connectivity index (χ0v) is 16.9. The van der Waals surface area contributed by atoms with Crippen LogP contribution in [0.4, 0.5) is 0 Å². The summed E-state index contributed by atoms with van der Waals surface area (Å²) in [6.45, 7) is 0.433. The van der Waals surface area contributed by atoms with Crippen molar-refractivity contribution in [2.45, 2.75) is 6.54 Å². The van der Waals surface area contributed by atoms with E-state index in [1.54, 1.807) is 18.2 Å². The fraction of sp³-hybridized carbons (Fsp3) is 0.167. The molecular weight excluding hydrogens is 382 g/mol. The summed E-state index contributed by atoms with van der Waals surface area (Å²) in [5, 5.41) is 5.19. The SMILES string of the molecule is COCOc1ccc(C=CC(=O)OC)c(C(=O)NCc2ccc3ccccc3c2)c1. The number of carbonyl (C=O) groups excluding carboxylic acids is 2. The highest BCUT2D eigenvalue weighted by molar-refractivity contribution is 5.99. The van der Waals surface area contributed by atoms with Gasteiger partial charge in [0.1, 0.15) is 5.75 Å². The summed E-state index contributed by atoms with van der Waals surface area (Å²) in [6.07, 6.45) is 2.81. The van der Waals surface area contributed by atoms with Crippen LogP contribution in [0.15, 0.2) is 66.7 Å². The minimum absolute atomic E-state index is 0.0650. The van der Waals surface area contributed by atoms with Crippen molar-refractivity contribution in [1.82, 2.24) is 5.32 Å². The lowest BCUT2D eigenvalue weighted by molar-refractivity contribution is -0.134. The van der Waals surface area contributed by atoms with Crippen LogP contribution in [-0.4, -0.2) is 32.9 Å². The maximum Gasteiger partial charge on any atom is 0.330 e. The number of ether oxygens (including phenoxy) is 3. The van der Waals surface area contributed by atoms with Gasteiger partial charge in [-0.3, -0.25) is 4.79 Å². The first-order chi connectivity index (χ1) is 14.6. The van der Waals surface area contributed by atoms with E-state index in [0.717, 1.165) is 16.3 Å². The van der Waals surface area contributed by atoms with Gasteiger partial charge in [0.2, 0.25) is 0 Å². The number of amides is 1. The molecule has 0 atom stereocenters. The standard InChI is InChI=1S/C24H23NO5/c1-28-16-30-21-11-9-19(10-12-23(26)29-2)22(14-21)24(27)25-15-17-7-8-18-5-3-4-6-20(18)13-17/h3-14H,15-16H2,1-2H3,(H,25,27). The van der Waals surface area contributed by atoms with Crippen LogP contribution in [0, 0.1) is 0 Å². The van der Waals surface area contributed by atoms with Gasteiger partial charge >= 0.3 is 5.97 Å². The number of carbonyl (C=O) groups is 2. The van der Waals surface area contributed by atoms with Crippen LogP contribution in [0.1, 0.15) is 21.5 Å². The minimum atomic E-state index is -0.503. The topological polar surface area (TPSA) is 73.9 Å². The smallest absolute Gasteiger partial charge is 0.330 e. The average molecular weight is 405 g/mol. The lowest BCUT2D eigenvalue weighted by atomic mass is 10.0. The van der Waals surface area contributed by atoms with Gasteiger partial charge in [0.15, 0.2) is 6.79 Å². The van der Waals surface area contributed by atoms with E-state index in [-0.39, 0.29) is 12.7 Å². The summed E-state index contributed by atoms with van der Waals surface area (Å²) in [4.78, 5) is 24.3. The molecule has 0 unspecified atom stereocenters. The Kier molecular flexibility index (Phi) is 7.19. The zero-order valence-electron chi connectivity index (χ0n) is 16.9. The number of benzene rings is 3. The molecule has 0 spiro atoms. The average Bonchev–Trinajstić information content (AvgIpc) is 2.79. The molecule has 0 aliphatic carbocycles. The Hall–Kier alpha value is -3.64. The fourth-order valence-electron chi connectivity index (χ4n) is 2.95. The van der Waals surface area contributed by atoms with E-state index in [1.165, 1.54) is 26.4 Å². The highest BCUT2D eigenvalue weighted by Gasteiger charge is 2.12. The van der Waals surface area contributed by atoms with Crippen molar-refractivity contribution in [3.63, 3.8) is 0 Å². The molecule has 0 aliphatic rings. The lowest BCUT2D eigenvalue weighted by Crippen LogP contribution is -2.23. The van der Waals surface area contributed by atoms with Gasteiger partial charge in [0.05, 0.1) is 12.7 Å². The second kappa shape index (κ2) is 10.2. The lowest BCUT2D eigenvalue weighted by Gasteiger charge is -2.11. The Morgan fingerprint density at radius 3 is 2.53 bits per heavy atom. The molecule has 0 aliphatic heterocycles. The van der Waals surface area contributed by atoms with Crippen LogP contribution in [0.3, 0.4) is 0 Å². The molecule has 0 heterocycles. The van der Waals surface area contributed by atoms with Crippen LogP contribution >= 0.6 is 0 Å². The van der Waals surface area contributed by atoms with Gasteiger partial charge in [-0.05, 0) is 46.2 Å². The maximum absolute atomic E-state index is 12.9. The highest BCUT2D eigenvalue weighted by atomic mass is 16.7. The minimum Gasteiger partial charge on any atom is -0.468 e. The van der Waals surface area contributed by atoms with Gasteiger partial charge in [0.25, 0.3) is 5.91 Å². The highest BCUT2D eigenvalue weighted by Crippen LogP contribution is 2.20. The number of esters is 1. The van der Waals surface area contributed by atoms with E-state index < -0.39 is 5.97 Å². The number of fused-ring (bicyclic) bond motifs is 1. The van der Waals surface area contributed by atoms with Gasteiger partial charge in [-0.15, -0.1) is 0 Å². The molecule has 0 saturated carbocycles. The van der Waals surface area contributed by atoms with E-state index in [0.29, 0.717) is 23.4 Å². The Balaban J connectivity index is 1.80. The summed E-state index contributed by atoms with van der Waals surface area (Å²) in [6, 6.07) is 19.1. The van der Waals surface area contributed by atoms with Crippen LogP contribution in [0.5, 0.6) is 5.75 Å². The molecule has 1 N–H and O–H groups in total. The van der Waals surface area contributed by atoms with Crippen molar-refractivity contribution in [1.29, 1.82) is 0 Å². The van der Waals surface area contributed by atoms with Crippen molar-refractivity contribution >= 4 is 28.7 Å². The molecule has 3 aromatic carbocycles. The molecule has 0 fully saturated rings. The van der Waals surface area contributed by atoms with Gasteiger partial charge in [-0.1, -0.05) is 42.5 Å². The predicted octanol–water partition coefficient (Wildman–Crippen LogP) is 3.94. The van der Waals surface area contributed by atoms with E-state index in [4.69, 9.17) is 9.47 Å². The van der Waals surface area contributed by atoms with Crippen molar-refractivity contribution < 1.29 is 23.8 Å². The van der Waals surface area contributed by atoms with Crippen LogP contribution in [-0.2, 0) is 20.8 Å². The molecule has 0 aromatic heterocycles. The second-order valence-electron chi connectivity index (χ2n) is 6.52. The normalized spacial score (nSPS) is 10.9. The van der Waals surface area contributed by atoms with E-state index in [2.05, 4.69) is 10.1 Å². The second-order valence-corrected chi connectivity index (χ2v) is 6.52. The first-order valence-corrected chi connectivity index (χ1v) is 9.38. The molecule has 3 rings (SSSR count). The van der Waals surface area contributed by atoms with Crippen LogP contribution < -0.4 is 10.1 Å². The van der Waals surface area contributed by atoms with Gasteiger partial charge in [-0.25, -0.2) is 4.79 Å². The Bertz CT molecular complexity index is 1070. The number of hydrogen-bond acceptors (Lipinski definition) is 5. The van der Waals surface area contributed by atoms with Crippen molar-refractivity contribution in [2.24, 2.45) is 0 Å². The Labute approximate surface area is 175 Å². The first-order valence-electron chi connectivity index (χ1n) is 9.38. The Morgan fingerprint density at radius 2 is 1.77 bits per heavy atom. The van der Waals surface area contributed by atoms with Crippen molar-refractivity contribution in [2.75, 3.05) is 21.0 Å². The van der Waals surface area contributed by atoms with Gasteiger partial charge < -0.3 is 19.5 Å². The third-order valence-corrected chi connectivity index (χ3v) is 4.48. The number of rotatable bonds is 8. The third kappa shape index (κ3) is 5.46. The largest absolute Gasteiger partial charge is 0.468 e. The molecular formula is C24H23NO5. The van der Waals surface area contributed by atoms with E-state index >= 15 is 0 Å². The quantitative estimate of drug-likeness (QED) is 0.349. The van der Waals surface area contributed by atoms with E-state index in [9.17, 15) is 9.59 Å². The summed E-state index contributed by atoms with van der Waals surface area (Å²) in [5.74, 6) is -0.296. The maximum atomic E-state index is 12.9. The molecule has 0 saturated heterocycles. The van der Waals surface area contributed by atoms with Crippen molar-refractivity contribution in [3.05, 3.63) is 83.4 Å². The molecule has 3 aromatic rings. The number of hydrogen-bond donors (Lipinski definition) is 1. The van der Waals surface area contributed by atoms with Gasteiger partial charge in [0, 0.05) is 19.7 Å². The molecule has 0 bridgehead atoms. The fourth-order valence-corrected chi connectivity index (χ4v) is 2.95. The van der Waals surface area contributed by atoms with Gasteiger partial charge in [-0.2, -0.15) is 0 Å². The molecule has 6 heteroatoms. The summed E-state index contributed by atoms with van der Waals surface area (Å²) < 4.78 is 15.0. The zero-order chi connectivity index (χ0) is 21.3. The van der Waals surface area contributed by atoms with Crippen LogP contribution in [0.25, 0.3) is 16.8 Å². The summed E-state index contributed by atoms with van der Waals surface area (Å²) in [7, 11) is 2.82. The van der Waals surface area contributed by atoms with E-state index in [1.807, 2.05) is 42.5 Å². The monoisotopic (exact) mass is 405 g/mol. The third-order valence-electron chi connectivity index (χ3n) is 4.48. The summed E-state index contributed by atoms with van der Waals surface area (Å²) >= 11 is 0. The molecule has 154 valence electrons. The molecule has 6 nitrogen and oxygen atoms in total. The predicted molar refractivity (Wildman–Crippen MR) is 115 cm³/mol. The molecule has 1 amide bonds. The summed E-state index contributed by atoms with van der Waals surface area (Å²) in [5.41, 5.74) is 1.94.